The first-order valence-corrected chi connectivity index (χ1v) is 12.0. The molecule has 0 radical (unpaired) electrons. The monoisotopic (exact) mass is 460 g/mol. The van der Waals surface area contributed by atoms with Gasteiger partial charge in [0.1, 0.15) is 22.8 Å². The maximum atomic E-state index is 10.4. The van der Waals surface area contributed by atoms with Crippen LogP contribution in [0.1, 0.15) is 60.4 Å². The van der Waals surface area contributed by atoms with Crippen molar-refractivity contribution < 1.29 is 19.3 Å². The standard InChI is InChI=1S/C30H36O4/c1-18-19(2)29-27(21(4)28(18)31)12-13-30(6,34-29)14-15-33-22(5)20(3)23-8-9-25-17-26(32-7)11-10-24(25)16-23/h8-11,16-17,20,31H,5,12-15H2,1-4,6-7H3. The Morgan fingerprint density at radius 3 is 2.53 bits per heavy atom. The van der Waals surface area contributed by atoms with Crippen molar-refractivity contribution in [1.29, 1.82) is 0 Å². The molecule has 0 amide bonds. The van der Waals surface area contributed by atoms with Gasteiger partial charge in [-0.15, -0.1) is 0 Å². The second-order valence-electron chi connectivity index (χ2n) is 9.84. The van der Waals surface area contributed by atoms with Gasteiger partial charge in [0.15, 0.2) is 0 Å². The van der Waals surface area contributed by atoms with E-state index in [0.29, 0.717) is 12.4 Å². The first-order chi connectivity index (χ1) is 16.1. The number of phenols is 1. The van der Waals surface area contributed by atoms with Gasteiger partial charge in [-0.05, 0) is 85.7 Å². The molecule has 1 aliphatic heterocycles. The van der Waals surface area contributed by atoms with E-state index in [1.54, 1.807) is 7.11 Å². The van der Waals surface area contributed by atoms with E-state index in [4.69, 9.17) is 14.2 Å². The van der Waals surface area contributed by atoms with Crippen LogP contribution < -0.4 is 9.47 Å². The topological polar surface area (TPSA) is 47.9 Å². The van der Waals surface area contributed by atoms with Crippen molar-refractivity contribution in [2.24, 2.45) is 0 Å². The molecule has 0 bridgehead atoms. The maximum absolute atomic E-state index is 10.4. The van der Waals surface area contributed by atoms with Gasteiger partial charge in [0.05, 0.1) is 19.5 Å². The molecule has 1 N–H and O–H groups in total. The first-order valence-electron chi connectivity index (χ1n) is 12.0. The summed E-state index contributed by atoms with van der Waals surface area (Å²) in [5.41, 5.74) is 4.86. The molecule has 2 unspecified atom stereocenters. The Labute approximate surface area is 203 Å². The summed E-state index contributed by atoms with van der Waals surface area (Å²) in [6.45, 7) is 15.0. The lowest BCUT2D eigenvalue weighted by Gasteiger charge is -2.38. The summed E-state index contributed by atoms with van der Waals surface area (Å²) in [6.07, 6.45) is 2.56. The molecular weight excluding hydrogens is 424 g/mol. The number of methoxy groups -OCH3 is 1. The lowest BCUT2D eigenvalue weighted by atomic mass is 9.86. The van der Waals surface area contributed by atoms with Gasteiger partial charge in [0.2, 0.25) is 0 Å². The Balaban J connectivity index is 1.40. The van der Waals surface area contributed by atoms with Crippen molar-refractivity contribution in [3.63, 3.8) is 0 Å². The van der Waals surface area contributed by atoms with E-state index >= 15 is 0 Å². The molecule has 0 spiro atoms. The summed E-state index contributed by atoms with van der Waals surface area (Å²) in [5.74, 6) is 3.04. The molecule has 1 heterocycles. The highest BCUT2D eigenvalue weighted by molar-refractivity contribution is 5.84. The minimum atomic E-state index is -0.306. The summed E-state index contributed by atoms with van der Waals surface area (Å²) in [6, 6.07) is 12.6. The average molecular weight is 461 g/mol. The molecule has 3 aromatic rings. The molecule has 180 valence electrons. The van der Waals surface area contributed by atoms with Crippen LogP contribution >= 0.6 is 0 Å². The number of ether oxygens (including phenoxy) is 3. The lowest BCUT2D eigenvalue weighted by Crippen LogP contribution is -2.38. The zero-order valence-electron chi connectivity index (χ0n) is 21.2. The van der Waals surface area contributed by atoms with Crippen LogP contribution in [0.2, 0.25) is 0 Å². The van der Waals surface area contributed by atoms with Gasteiger partial charge in [0, 0.05) is 17.9 Å². The molecule has 3 aromatic carbocycles. The molecule has 2 atom stereocenters. The molecule has 0 aliphatic carbocycles. The second-order valence-corrected chi connectivity index (χ2v) is 9.84. The molecule has 4 nitrogen and oxygen atoms in total. The summed E-state index contributed by atoms with van der Waals surface area (Å²) in [7, 11) is 1.69. The number of allylic oxidation sites excluding steroid dienone is 1. The van der Waals surface area contributed by atoms with Gasteiger partial charge in [0.25, 0.3) is 0 Å². The highest BCUT2D eigenvalue weighted by Crippen LogP contribution is 2.44. The number of phenolic OH excluding ortho intramolecular Hbond substituents is 1. The smallest absolute Gasteiger partial charge is 0.127 e. The number of hydrogen-bond acceptors (Lipinski definition) is 4. The van der Waals surface area contributed by atoms with Crippen LogP contribution in [0.3, 0.4) is 0 Å². The fourth-order valence-electron chi connectivity index (χ4n) is 4.82. The number of aromatic hydroxyl groups is 1. The van der Waals surface area contributed by atoms with Crippen molar-refractivity contribution in [3.05, 3.63) is 76.6 Å². The number of fused-ring (bicyclic) bond motifs is 2. The van der Waals surface area contributed by atoms with Crippen LogP contribution in [0.25, 0.3) is 10.8 Å². The van der Waals surface area contributed by atoms with Gasteiger partial charge < -0.3 is 19.3 Å². The zero-order chi connectivity index (χ0) is 24.6. The van der Waals surface area contributed by atoms with Crippen LogP contribution in [-0.4, -0.2) is 24.4 Å². The zero-order valence-corrected chi connectivity index (χ0v) is 21.2. The Morgan fingerprint density at radius 1 is 1.09 bits per heavy atom. The van der Waals surface area contributed by atoms with Crippen LogP contribution in [0.5, 0.6) is 17.2 Å². The van der Waals surface area contributed by atoms with Gasteiger partial charge >= 0.3 is 0 Å². The number of rotatable bonds is 7. The molecule has 0 fully saturated rings. The fourth-order valence-corrected chi connectivity index (χ4v) is 4.82. The average Bonchev–Trinajstić information content (AvgIpc) is 2.84. The minimum absolute atomic E-state index is 0.0860. The van der Waals surface area contributed by atoms with E-state index in [0.717, 1.165) is 64.2 Å². The van der Waals surface area contributed by atoms with Crippen LogP contribution in [0.15, 0.2) is 48.7 Å². The van der Waals surface area contributed by atoms with E-state index in [9.17, 15) is 5.11 Å². The molecule has 0 aromatic heterocycles. The van der Waals surface area contributed by atoms with Gasteiger partial charge in [-0.2, -0.15) is 0 Å². The Kier molecular flexibility index (Phi) is 6.53. The van der Waals surface area contributed by atoms with Gasteiger partial charge in [-0.25, -0.2) is 0 Å². The minimum Gasteiger partial charge on any atom is -0.507 e. The SMILES string of the molecule is C=C(OCCC1(C)CCc2c(C)c(O)c(C)c(C)c2O1)C(C)c1ccc2cc(OC)ccc2c1. The third-order valence-corrected chi connectivity index (χ3v) is 7.57. The Bertz CT molecular complexity index is 1240. The van der Waals surface area contributed by atoms with E-state index in [2.05, 4.69) is 44.7 Å². The second kappa shape index (κ2) is 9.25. The highest BCUT2D eigenvalue weighted by atomic mass is 16.5. The summed E-state index contributed by atoms with van der Waals surface area (Å²) in [5, 5.41) is 12.7. The predicted molar refractivity (Wildman–Crippen MR) is 138 cm³/mol. The third-order valence-electron chi connectivity index (χ3n) is 7.57. The number of hydrogen-bond donors (Lipinski definition) is 1. The fraction of sp³-hybridized carbons (Fsp3) is 0.400. The quantitative estimate of drug-likeness (QED) is 0.376. The Hall–Kier alpha value is -3.14. The predicted octanol–water partition coefficient (Wildman–Crippen LogP) is 7.29. The first kappa shape index (κ1) is 24.0. The van der Waals surface area contributed by atoms with E-state index in [1.807, 2.05) is 32.9 Å². The van der Waals surface area contributed by atoms with E-state index in [-0.39, 0.29) is 11.5 Å². The molecule has 0 saturated heterocycles. The van der Waals surface area contributed by atoms with Crippen molar-refractivity contribution in [1.82, 2.24) is 0 Å². The summed E-state index contributed by atoms with van der Waals surface area (Å²) < 4.78 is 18.0. The van der Waals surface area contributed by atoms with Crippen molar-refractivity contribution in [2.75, 3.05) is 13.7 Å². The van der Waals surface area contributed by atoms with Crippen molar-refractivity contribution in [3.8, 4) is 17.2 Å². The Morgan fingerprint density at radius 2 is 1.79 bits per heavy atom. The number of benzene rings is 3. The molecule has 0 saturated carbocycles. The third kappa shape index (κ3) is 4.46. The van der Waals surface area contributed by atoms with Crippen molar-refractivity contribution in [2.45, 2.75) is 65.4 Å². The summed E-state index contributed by atoms with van der Waals surface area (Å²) in [4.78, 5) is 0. The van der Waals surface area contributed by atoms with Crippen LogP contribution in [0.4, 0.5) is 0 Å². The van der Waals surface area contributed by atoms with E-state index < -0.39 is 0 Å². The summed E-state index contributed by atoms with van der Waals surface area (Å²) >= 11 is 0. The lowest BCUT2D eigenvalue weighted by molar-refractivity contribution is 0.0299. The molecule has 34 heavy (non-hydrogen) atoms. The van der Waals surface area contributed by atoms with Crippen LogP contribution in [-0.2, 0) is 11.2 Å². The van der Waals surface area contributed by atoms with Crippen molar-refractivity contribution >= 4 is 10.8 Å². The molecular formula is C30H36O4. The van der Waals surface area contributed by atoms with Crippen LogP contribution in [0, 0.1) is 20.8 Å². The largest absolute Gasteiger partial charge is 0.507 e. The molecule has 4 rings (SSSR count). The van der Waals surface area contributed by atoms with Gasteiger partial charge in [-0.1, -0.05) is 37.8 Å². The maximum Gasteiger partial charge on any atom is 0.127 e. The molecule has 4 heteroatoms. The normalized spacial score (nSPS) is 18.2. The van der Waals surface area contributed by atoms with E-state index in [1.165, 1.54) is 10.9 Å². The highest BCUT2D eigenvalue weighted by Gasteiger charge is 2.34. The van der Waals surface area contributed by atoms with Gasteiger partial charge in [-0.3, -0.25) is 0 Å². The molecule has 1 aliphatic rings.